The Morgan fingerprint density at radius 3 is 2.33 bits per heavy atom. The van der Waals surface area contributed by atoms with Gasteiger partial charge < -0.3 is 14.4 Å². The fourth-order valence-electron chi connectivity index (χ4n) is 3.52. The average molecular weight is 441 g/mol. The second kappa shape index (κ2) is 9.40. The summed E-state index contributed by atoms with van der Waals surface area (Å²) in [7, 11) is 1.79. The maximum Gasteiger partial charge on any atom is 0.413 e. The van der Waals surface area contributed by atoms with Gasteiger partial charge in [-0.15, -0.1) is 0 Å². The van der Waals surface area contributed by atoms with E-state index in [0.29, 0.717) is 11.5 Å². The summed E-state index contributed by atoms with van der Waals surface area (Å²) < 4.78 is 7.24. The molecular weight excluding hydrogens is 418 g/mol. The van der Waals surface area contributed by atoms with Crippen molar-refractivity contribution in [2.45, 2.75) is 13.0 Å². The van der Waals surface area contributed by atoms with Gasteiger partial charge in [-0.05, 0) is 35.7 Å². The van der Waals surface area contributed by atoms with Crippen molar-refractivity contribution in [3.8, 4) is 22.4 Å². The predicted octanol–water partition coefficient (Wildman–Crippen LogP) is 5.76. The number of ether oxygens (including phenoxy) is 1. The van der Waals surface area contributed by atoms with Gasteiger partial charge in [0.2, 0.25) is 0 Å². The number of benzene rings is 3. The molecule has 0 aliphatic heterocycles. The molecule has 0 saturated heterocycles. The van der Waals surface area contributed by atoms with E-state index in [9.17, 15) is 14.7 Å². The minimum atomic E-state index is -0.967. The monoisotopic (exact) mass is 441 g/mol. The van der Waals surface area contributed by atoms with Crippen LogP contribution in [0.1, 0.15) is 28.9 Å². The Kier molecular flexibility index (Phi) is 6.22. The van der Waals surface area contributed by atoms with Crippen LogP contribution >= 0.6 is 0 Å². The lowest BCUT2D eigenvalue weighted by molar-refractivity contribution is 0.0696. The molecule has 1 unspecified atom stereocenters. The van der Waals surface area contributed by atoms with Gasteiger partial charge in [0.15, 0.2) is 0 Å². The van der Waals surface area contributed by atoms with Crippen LogP contribution < -0.4 is 5.32 Å². The molecular formula is C26H23N3O4. The first kappa shape index (κ1) is 21.8. The molecule has 33 heavy (non-hydrogen) atoms. The van der Waals surface area contributed by atoms with E-state index in [1.54, 1.807) is 36.1 Å². The molecule has 2 N–H and O–H groups in total. The second-order valence-electron chi connectivity index (χ2n) is 7.60. The number of hydrogen-bond donors (Lipinski definition) is 2. The van der Waals surface area contributed by atoms with Gasteiger partial charge in [-0.25, -0.2) is 14.6 Å². The van der Waals surface area contributed by atoms with Crippen molar-refractivity contribution >= 4 is 17.9 Å². The van der Waals surface area contributed by atoms with Crippen LogP contribution in [-0.2, 0) is 11.8 Å². The summed E-state index contributed by atoms with van der Waals surface area (Å²) in [6.07, 6.45) is 0.651. The number of rotatable bonds is 6. The fourth-order valence-corrected chi connectivity index (χ4v) is 3.52. The molecule has 0 fully saturated rings. The summed E-state index contributed by atoms with van der Waals surface area (Å²) in [4.78, 5) is 28.2. The lowest BCUT2D eigenvalue weighted by Crippen LogP contribution is -2.18. The van der Waals surface area contributed by atoms with Crippen molar-refractivity contribution in [2.24, 2.45) is 7.05 Å². The number of aryl methyl sites for hydroxylation is 1. The topological polar surface area (TPSA) is 93.4 Å². The van der Waals surface area contributed by atoms with E-state index in [4.69, 9.17) is 4.74 Å². The molecule has 3 aromatic carbocycles. The maximum absolute atomic E-state index is 12.5. The summed E-state index contributed by atoms with van der Waals surface area (Å²) in [6, 6.07) is 23.8. The van der Waals surface area contributed by atoms with Crippen LogP contribution in [0.2, 0.25) is 0 Å². The van der Waals surface area contributed by atoms with Crippen molar-refractivity contribution < 1.29 is 19.4 Å². The first-order valence-electron chi connectivity index (χ1n) is 10.4. The van der Waals surface area contributed by atoms with E-state index in [0.717, 1.165) is 22.3 Å². The van der Waals surface area contributed by atoms with E-state index in [1.807, 2.05) is 67.6 Å². The number of carboxylic acids is 1. The van der Waals surface area contributed by atoms with Gasteiger partial charge in [0.1, 0.15) is 17.6 Å². The highest BCUT2D eigenvalue weighted by Crippen LogP contribution is 2.29. The average Bonchev–Trinajstić information content (AvgIpc) is 3.19. The number of imidazole rings is 1. The van der Waals surface area contributed by atoms with E-state index in [1.165, 1.54) is 0 Å². The van der Waals surface area contributed by atoms with Gasteiger partial charge in [0.05, 0.1) is 11.9 Å². The van der Waals surface area contributed by atoms with Crippen LogP contribution in [0.15, 0.2) is 85.2 Å². The third-order valence-electron chi connectivity index (χ3n) is 5.31. The normalized spacial score (nSPS) is 11.6. The molecule has 0 saturated carbocycles. The molecule has 1 atom stereocenters. The minimum absolute atomic E-state index is 0.232. The Bertz CT molecular complexity index is 1280. The van der Waals surface area contributed by atoms with Crippen molar-refractivity contribution in [2.75, 3.05) is 5.32 Å². The Balaban J connectivity index is 1.52. The van der Waals surface area contributed by atoms with Crippen molar-refractivity contribution in [3.63, 3.8) is 0 Å². The zero-order valence-electron chi connectivity index (χ0n) is 18.2. The number of nitrogens with zero attached hydrogens (tertiary/aromatic N) is 2. The number of carboxylic acid groups (broad SMARTS) is 1. The van der Waals surface area contributed by atoms with E-state index >= 15 is 0 Å². The summed E-state index contributed by atoms with van der Waals surface area (Å²) >= 11 is 0. The Morgan fingerprint density at radius 1 is 0.939 bits per heavy atom. The van der Waals surface area contributed by atoms with E-state index in [-0.39, 0.29) is 5.56 Å². The molecule has 1 heterocycles. The summed E-state index contributed by atoms with van der Waals surface area (Å²) in [5.74, 6) is -0.452. The third-order valence-corrected chi connectivity index (χ3v) is 5.31. The molecule has 4 aromatic rings. The molecule has 0 radical (unpaired) electrons. The van der Waals surface area contributed by atoms with Crippen LogP contribution in [0.25, 0.3) is 22.4 Å². The first-order chi connectivity index (χ1) is 15.9. The summed E-state index contributed by atoms with van der Waals surface area (Å²) in [5.41, 5.74) is 4.23. The molecule has 1 amide bonds. The number of aromatic carboxylic acids is 1. The van der Waals surface area contributed by atoms with Gasteiger partial charge in [-0.3, -0.25) is 5.32 Å². The molecule has 0 aliphatic rings. The first-order valence-corrected chi connectivity index (χ1v) is 10.4. The Labute approximate surface area is 191 Å². The highest BCUT2D eigenvalue weighted by molar-refractivity contribution is 5.90. The largest absolute Gasteiger partial charge is 0.478 e. The number of nitrogens with one attached hydrogen (secondary N) is 1. The number of aromatic nitrogens is 2. The molecule has 166 valence electrons. The van der Waals surface area contributed by atoms with Gasteiger partial charge in [0.25, 0.3) is 0 Å². The molecule has 0 bridgehead atoms. The van der Waals surface area contributed by atoms with Crippen LogP contribution in [0.5, 0.6) is 0 Å². The minimum Gasteiger partial charge on any atom is -0.478 e. The number of carbonyl (C=O) groups is 2. The smallest absolute Gasteiger partial charge is 0.413 e. The highest BCUT2D eigenvalue weighted by atomic mass is 16.6. The van der Waals surface area contributed by atoms with E-state index < -0.39 is 18.2 Å². The third kappa shape index (κ3) is 4.93. The molecule has 4 rings (SSSR count). The summed E-state index contributed by atoms with van der Waals surface area (Å²) in [6.45, 7) is 1.82. The van der Waals surface area contributed by atoms with Crippen LogP contribution in [0.4, 0.5) is 10.6 Å². The SMILES string of the molecule is CC(OC(=O)Nc1c(-c2ccc(-c3cccc(C(=O)O)c3)cc2)ncn1C)c1ccccc1. The molecule has 7 nitrogen and oxygen atoms in total. The Morgan fingerprint density at radius 2 is 1.64 bits per heavy atom. The standard InChI is InChI=1S/C26H23N3O4/c1-17(18-7-4-3-5-8-18)33-26(32)28-24-23(27-16-29(24)2)20-13-11-19(12-14-20)21-9-6-10-22(15-21)25(30)31/h3-17H,1-2H3,(H,28,32)(H,30,31). The number of amides is 1. The van der Waals surface area contributed by atoms with Crippen LogP contribution in [0, 0.1) is 0 Å². The predicted molar refractivity (Wildman–Crippen MR) is 126 cm³/mol. The number of hydrogen-bond acceptors (Lipinski definition) is 4. The lowest BCUT2D eigenvalue weighted by atomic mass is 10.0. The number of carbonyl (C=O) groups excluding carboxylic acids is 1. The molecule has 7 heteroatoms. The highest BCUT2D eigenvalue weighted by Gasteiger charge is 2.17. The zero-order valence-corrected chi connectivity index (χ0v) is 18.2. The number of anilines is 1. The van der Waals surface area contributed by atoms with Gasteiger partial charge >= 0.3 is 12.1 Å². The fraction of sp³-hybridized carbons (Fsp3) is 0.115. The van der Waals surface area contributed by atoms with Crippen molar-refractivity contribution in [3.05, 3.63) is 96.3 Å². The van der Waals surface area contributed by atoms with Gasteiger partial charge in [0, 0.05) is 12.6 Å². The van der Waals surface area contributed by atoms with Gasteiger partial charge in [-0.2, -0.15) is 0 Å². The molecule has 1 aromatic heterocycles. The molecule has 0 spiro atoms. The van der Waals surface area contributed by atoms with Gasteiger partial charge in [-0.1, -0.05) is 66.7 Å². The molecule has 0 aliphatic carbocycles. The second-order valence-corrected chi connectivity index (χ2v) is 7.60. The van der Waals surface area contributed by atoms with Crippen molar-refractivity contribution in [1.82, 2.24) is 9.55 Å². The Hall–Kier alpha value is -4.39. The maximum atomic E-state index is 12.5. The quantitative estimate of drug-likeness (QED) is 0.397. The summed E-state index contributed by atoms with van der Waals surface area (Å²) in [5, 5.41) is 12.0. The van der Waals surface area contributed by atoms with Crippen molar-refractivity contribution in [1.29, 1.82) is 0 Å². The van der Waals surface area contributed by atoms with Crippen LogP contribution in [0.3, 0.4) is 0 Å². The van der Waals surface area contributed by atoms with E-state index in [2.05, 4.69) is 10.3 Å². The van der Waals surface area contributed by atoms with Crippen LogP contribution in [-0.4, -0.2) is 26.7 Å². The zero-order chi connectivity index (χ0) is 23.4. The lowest BCUT2D eigenvalue weighted by Gasteiger charge is -2.15.